The molecule has 20 heavy (non-hydrogen) atoms. The van der Waals surface area contributed by atoms with Gasteiger partial charge in [-0.2, -0.15) is 0 Å². The number of nitrogens with two attached hydrogens (primary N) is 1. The van der Waals surface area contributed by atoms with E-state index in [1.807, 2.05) is 30.3 Å². The van der Waals surface area contributed by atoms with Crippen molar-refractivity contribution in [2.24, 2.45) is 0 Å². The Balaban J connectivity index is 2.09. The van der Waals surface area contributed by atoms with Gasteiger partial charge in [0, 0.05) is 18.8 Å². The second-order valence-electron chi connectivity index (χ2n) is 5.04. The van der Waals surface area contributed by atoms with Gasteiger partial charge in [0.05, 0.1) is 0 Å². The fourth-order valence-corrected chi connectivity index (χ4v) is 2.34. The second-order valence-corrected chi connectivity index (χ2v) is 5.04. The Morgan fingerprint density at radius 3 is 2.55 bits per heavy atom. The van der Waals surface area contributed by atoms with Crippen molar-refractivity contribution < 1.29 is 4.39 Å². The van der Waals surface area contributed by atoms with Crippen molar-refractivity contribution in [3.63, 3.8) is 0 Å². The third-order valence-corrected chi connectivity index (χ3v) is 3.28. The van der Waals surface area contributed by atoms with E-state index in [2.05, 4.69) is 11.8 Å². The van der Waals surface area contributed by atoms with Crippen LogP contribution in [0.25, 0.3) is 0 Å². The molecule has 2 nitrogen and oxygen atoms in total. The quantitative estimate of drug-likeness (QED) is 0.810. The summed E-state index contributed by atoms with van der Waals surface area (Å²) in [6.07, 6.45) is 1.06. The topological polar surface area (TPSA) is 29.3 Å². The Bertz CT molecular complexity index is 554. The van der Waals surface area contributed by atoms with Crippen LogP contribution in [0.2, 0.25) is 0 Å². The first-order valence-electron chi connectivity index (χ1n) is 6.99. The van der Waals surface area contributed by atoms with E-state index in [9.17, 15) is 4.39 Å². The van der Waals surface area contributed by atoms with Crippen molar-refractivity contribution >= 4 is 5.69 Å². The lowest BCUT2D eigenvalue weighted by Gasteiger charge is -2.22. The van der Waals surface area contributed by atoms with Crippen LogP contribution in [-0.4, -0.2) is 11.4 Å². The molecule has 0 heterocycles. The number of hydrogen-bond donors (Lipinski definition) is 1. The molecule has 0 spiro atoms. The third-order valence-electron chi connectivity index (χ3n) is 3.28. The zero-order chi connectivity index (χ0) is 14.4. The summed E-state index contributed by atoms with van der Waals surface area (Å²) in [6, 6.07) is 14.7. The molecule has 0 saturated heterocycles. The number of anilines is 1. The summed E-state index contributed by atoms with van der Waals surface area (Å²) in [5.41, 5.74) is 8.92. The molecule has 0 radical (unpaired) electrons. The van der Waals surface area contributed by atoms with Crippen molar-refractivity contribution in [2.75, 3.05) is 12.3 Å². The molecule has 2 rings (SSSR count). The van der Waals surface area contributed by atoms with Crippen molar-refractivity contribution in [1.82, 2.24) is 4.90 Å². The summed E-state index contributed by atoms with van der Waals surface area (Å²) in [5, 5.41) is 0. The Morgan fingerprint density at radius 1 is 1.05 bits per heavy atom. The van der Waals surface area contributed by atoms with Crippen molar-refractivity contribution in [2.45, 2.75) is 26.4 Å². The minimum absolute atomic E-state index is 0.182. The van der Waals surface area contributed by atoms with Crippen LogP contribution in [0.3, 0.4) is 0 Å². The molecule has 106 valence electrons. The van der Waals surface area contributed by atoms with Crippen LogP contribution in [0.15, 0.2) is 48.5 Å². The number of nitrogens with zero attached hydrogens (tertiary/aromatic N) is 1. The highest BCUT2D eigenvalue weighted by molar-refractivity contribution is 5.46. The summed E-state index contributed by atoms with van der Waals surface area (Å²) < 4.78 is 13.3. The fourth-order valence-electron chi connectivity index (χ4n) is 2.34. The van der Waals surface area contributed by atoms with E-state index >= 15 is 0 Å². The average molecular weight is 272 g/mol. The van der Waals surface area contributed by atoms with Gasteiger partial charge in [0.15, 0.2) is 0 Å². The van der Waals surface area contributed by atoms with E-state index in [1.165, 1.54) is 6.07 Å². The first-order valence-corrected chi connectivity index (χ1v) is 6.99. The molecule has 0 unspecified atom stereocenters. The van der Waals surface area contributed by atoms with Gasteiger partial charge in [-0.25, -0.2) is 4.39 Å². The molecular weight excluding hydrogens is 251 g/mol. The van der Waals surface area contributed by atoms with Gasteiger partial charge in [0.1, 0.15) is 5.82 Å². The maximum Gasteiger partial charge on any atom is 0.123 e. The van der Waals surface area contributed by atoms with E-state index in [0.717, 1.165) is 42.9 Å². The van der Waals surface area contributed by atoms with Gasteiger partial charge in [-0.15, -0.1) is 0 Å². The SMILES string of the molecule is CCCN(Cc1cccc(F)c1)Cc1ccccc1N. The van der Waals surface area contributed by atoms with E-state index in [1.54, 1.807) is 12.1 Å². The molecule has 0 amide bonds. The Hall–Kier alpha value is -1.87. The van der Waals surface area contributed by atoms with Crippen LogP contribution in [-0.2, 0) is 13.1 Å². The predicted octanol–water partition coefficient (Wildman–Crippen LogP) is 3.82. The minimum Gasteiger partial charge on any atom is -0.398 e. The summed E-state index contributed by atoms with van der Waals surface area (Å²) in [5.74, 6) is -0.182. The monoisotopic (exact) mass is 272 g/mol. The van der Waals surface area contributed by atoms with E-state index in [4.69, 9.17) is 5.73 Å². The van der Waals surface area contributed by atoms with Gasteiger partial charge in [0.2, 0.25) is 0 Å². The van der Waals surface area contributed by atoms with Crippen LogP contribution in [0.1, 0.15) is 24.5 Å². The van der Waals surface area contributed by atoms with Gasteiger partial charge < -0.3 is 5.73 Å². The zero-order valence-electron chi connectivity index (χ0n) is 11.8. The summed E-state index contributed by atoms with van der Waals surface area (Å²) >= 11 is 0. The van der Waals surface area contributed by atoms with Crippen LogP contribution in [0, 0.1) is 5.82 Å². The van der Waals surface area contributed by atoms with Crippen LogP contribution in [0.4, 0.5) is 10.1 Å². The summed E-state index contributed by atoms with van der Waals surface area (Å²) in [4.78, 5) is 2.29. The van der Waals surface area contributed by atoms with Gasteiger partial charge in [-0.1, -0.05) is 37.3 Å². The molecule has 3 heteroatoms. The Kier molecular flexibility index (Phi) is 5.13. The highest BCUT2D eigenvalue weighted by Crippen LogP contribution is 2.16. The normalized spacial score (nSPS) is 10.9. The lowest BCUT2D eigenvalue weighted by Crippen LogP contribution is -2.24. The highest BCUT2D eigenvalue weighted by Gasteiger charge is 2.08. The number of rotatable bonds is 6. The van der Waals surface area contributed by atoms with Gasteiger partial charge in [0.25, 0.3) is 0 Å². The molecule has 0 aliphatic carbocycles. The second kappa shape index (κ2) is 7.06. The standard InChI is InChI=1S/C17H21FN2/c1-2-10-20(12-14-6-5-8-16(18)11-14)13-15-7-3-4-9-17(15)19/h3-9,11H,2,10,12-13,19H2,1H3. The molecule has 0 atom stereocenters. The molecule has 0 saturated carbocycles. The molecule has 2 aromatic rings. The van der Waals surface area contributed by atoms with Crippen LogP contribution >= 0.6 is 0 Å². The van der Waals surface area contributed by atoms with Crippen LogP contribution in [0.5, 0.6) is 0 Å². The van der Waals surface area contributed by atoms with Crippen molar-refractivity contribution in [3.8, 4) is 0 Å². The lowest BCUT2D eigenvalue weighted by molar-refractivity contribution is 0.257. The van der Waals surface area contributed by atoms with Gasteiger partial charge in [-0.3, -0.25) is 4.90 Å². The highest BCUT2D eigenvalue weighted by atomic mass is 19.1. The smallest absolute Gasteiger partial charge is 0.123 e. The molecular formula is C17H21FN2. The minimum atomic E-state index is -0.182. The molecule has 2 N–H and O–H groups in total. The Morgan fingerprint density at radius 2 is 1.85 bits per heavy atom. The maximum atomic E-state index is 13.3. The summed E-state index contributed by atoms with van der Waals surface area (Å²) in [7, 11) is 0. The number of benzene rings is 2. The van der Waals surface area contributed by atoms with E-state index < -0.39 is 0 Å². The first kappa shape index (κ1) is 14.5. The van der Waals surface area contributed by atoms with E-state index in [-0.39, 0.29) is 5.82 Å². The zero-order valence-corrected chi connectivity index (χ0v) is 11.8. The average Bonchev–Trinajstić information content (AvgIpc) is 2.42. The van der Waals surface area contributed by atoms with Gasteiger partial charge >= 0.3 is 0 Å². The molecule has 0 bridgehead atoms. The molecule has 2 aromatic carbocycles. The molecule has 0 aromatic heterocycles. The first-order chi connectivity index (χ1) is 9.69. The molecule has 0 aliphatic heterocycles. The maximum absolute atomic E-state index is 13.3. The lowest BCUT2D eigenvalue weighted by atomic mass is 10.1. The van der Waals surface area contributed by atoms with Crippen molar-refractivity contribution in [3.05, 3.63) is 65.5 Å². The predicted molar refractivity (Wildman–Crippen MR) is 81.7 cm³/mol. The Labute approximate surface area is 120 Å². The number of halogens is 1. The fraction of sp³-hybridized carbons (Fsp3) is 0.294. The van der Waals surface area contributed by atoms with Gasteiger partial charge in [-0.05, 0) is 42.3 Å². The molecule has 0 fully saturated rings. The molecule has 0 aliphatic rings. The number of para-hydroxylation sites is 1. The number of hydrogen-bond acceptors (Lipinski definition) is 2. The summed E-state index contributed by atoms with van der Waals surface area (Å²) in [6.45, 7) is 4.63. The largest absolute Gasteiger partial charge is 0.398 e. The van der Waals surface area contributed by atoms with Crippen LogP contribution < -0.4 is 5.73 Å². The number of nitrogen functional groups attached to an aromatic ring is 1. The van der Waals surface area contributed by atoms with E-state index in [0.29, 0.717) is 0 Å². The third kappa shape index (κ3) is 4.07. The van der Waals surface area contributed by atoms with Crippen molar-refractivity contribution in [1.29, 1.82) is 0 Å².